The number of nitrogens with one attached hydrogen (secondary N) is 2. The Morgan fingerprint density at radius 2 is 0.898 bits per heavy atom. The molecule has 8 aromatic carbocycles. The average molecular weight is 1380 g/mol. The third-order valence-corrected chi connectivity index (χ3v) is 19.4. The van der Waals surface area contributed by atoms with E-state index in [9.17, 15) is 49.9 Å². The van der Waals surface area contributed by atoms with Gasteiger partial charge in [0.2, 0.25) is 20.0 Å². The van der Waals surface area contributed by atoms with Crippen LogP contribution in [0.15, 0.2) is 154 Å². The van der Waals surface area contributed by atoms with Crippen molar-refractivity contribution in [3.05, 3.63) is 202 Å². The zero-order valence-corrected chi connectivity index (χ0v) is 56.3. The standard InChI is InChI=1S/C38H39FN2O8S.C36H35FN2O8S/c1-4-48-38(43)30-16-13-26(28-7-5-6-8-29(28)30)23-47-20-19-46-18-17-41(50(3,44)45)33-22-34-32(21-31(33)24-9-10-24)35(37(42)40-2)36(49-34)25-11-14-27(39)15-12-25;1-38-35(40)33-30-19-29(22-7-8-22)31(20-32(30)47-34(33)23-9-12-25(37)13-10-23)39(48(2,43)44)15-16-45-17-18-46-21-24-11-14-28(36(41)42)27-6-4-3-5-26(24)27/h5-8,11-16,21-22,24H,4,9-10,17-20,23H2,1-3H3,(H,40,42);3-6,9-14,19-20,22H,7-8,15-18,21H2,1-2H3,(H,38,40)(H,41,42). The number of halogens is 2. The first kappa shape index (κ1) is 69.8. The lowest BCUT2D eigenvalue weighted by atomic mass is 10.00. The number of aromatic carboxylic acids is 1. The van der Waals surface area contributed by atoms with Crippen LogP contribution in [0.3, 0.4) is 0 Å². The van der Waals surface area contributed by atoms with Crippen LogP contribution in [-0.4, -0.2) is 132 Å². The Labute approximate surface area is 565 Å². The highest BCUT2D eigenvalue weighted by Gasteiger charge is 2.35. The molecular weight excluding hydrogens is 1300 g/mol. The van der Waals surface area contributed by atoms with E-state index in [1.54, 1.807) is 49.4 Å². The molecule has 0 spiro atoms. The fraction of sp³-hybridized carbons (Fsp3) is 0.297. The number of amides is 2. The molecule has 3 N–H and O–H groups in total. The Balaban J connectivity index is 0.000000199. The summed E-state index contributed by atoms with van der Waals surface area (Å²) in [4.78, 5) is 50.1. The van der Waals surface area contributed by atoms with E-state index in [1.165, 1.54) is 71.2 Å². The van der Waals surface area contributed by atoms with Crippen LogP contribution in [0.4, 0.5) is 20.2 Å². The van der Waals surface area contributed by atoms with Crippen molar-refractivity contribution in [2.45, 2.75) is 57.7 Å². The molecule has 0 bridgehead atoms. The predicted octanol–water partition coefficient (Wildman–Crippen LogP) is 13.1. The number of anilines is 2. The molecule has 2 saturated carbocycles. The van der Waals surface area contributed by atoms with Gasteiger partial charge in [-0.25, -0.2) is 35.2 Å². The van der Waals surface area contributed by atoms with Gasteiger partial charge in [0.25, 0.3) is 11.8 Å². The molecule has 20 nitrogen and oxygen atoms in total. The maximum absolute atomic E-state index is 13.7. The molecule has 0 aliphatic heterocycles. The molecule has 2 heterocycles. The number of benzene rings is 8. The number of carbonyl (C=O) groups excluding carboxylic acids is 3. The van der Waals surface area contributed by atoms with Crippen molar-refractivity contribution in [2.24, 2.45) is 0 Å². The number of esters is 1. The zero-order chi connectivity index (χ0) is 69.4. The molecule has 512 valence electrons. The van der Waals surface area contributed by atoms with Crippen molar-refractivity contribution in [3.8, 4) is 22.6 Å². The third-order valence-electron chi connectivity index (χ3n) is 17.1. The van der Waals surface area contributed by atoms with E-state index in [1.807, 2.05) is 54.6 Å². The molecule has 98 heavy (non-hydrogen) atoms. The van der Waals surface area contributed by atoms with E-state index in [0.29, 0.717) is 79.7 Å². The van der Waals surface area contributed by atoms with Crippen molar-refractivity contribution in [3.63, 3.8) is 0 Å². The first-order chi connectivity index (χ1) is 47.2. The summed E-state index contributed by atoms with van der Waals surface area (Å²) in [6.45, 7) is 3.88. The Morgan fingerprint density at radius 1 is 0.510 bits per heavy atom. The Kier molecular flexibility index (Phi) is 21.7. The van der Waals surface area contributed by atoms with Crippen LogP contribution in [0.5, 0.6) is 0 Å². The number of sulfonamides is 2. The van der Waals surface area contributed by atoms with Gasteiger partial charge in [0.05, 0.1) is 119 Å². The number of furan rings is 2. The summed E-state index contributed by atoms with van der Waals surface area (Å²) < 4.78 is 123. The molecule has 2 amide bonds. The molecule has 0 saturated heterocycles. The van der Waals surface area contributed by atoms with Crippen molar-refractivity contribution < 1.29 is 82.4 Å². The number of fused-ring (bicyclic) bond motifs is 4. The van der Waals surface area contributed by atoms with E-state index in [0.717, 1.165) is 76.6 Å². The Hall–Kier alpha value is -9.56. The SMILES string of the molecule is CCOC(=O)c1ccc(COCCOCCN(c2cc3oc(-c4ccc(F)cc4)c(C(=O)NC)c3cc2C2CC2)S(C)(=O)=O)c2ccccc12.CNC(=O)c1c(-c2ccc(F)cc2)oc2cc(N(CCOCCOCc3ccc(C(=O)O)c4ccccc34)S(C)(=O)=O)c(C3CC3)cc12. The summed E-state index contributed by atoms with van der Waals surface area (Å²) in [6.07, 6.45) is 5.84. The van der Waals surface area contributed by atoms with E-state index in [-0.39, 0.29) is 106 Å². The largest absolute Gasteiger partial charge is 0.478 e. The highest BCUT2D eigenvalue weighted by atomic mass is 32.2. The topological polar surface area (TPSA) is 260 Å². The number of carbonyl (C=O) groups is 4. The molecule has 10 aromatic rings. The molecule has 2 aliphatic carbocycles. The summed E-state index contributed by atoms with van der Waals surface area (Å²) in [6, 6.07) is 40.1. The fourth-order valence-electron chi connectivity index (χ4n) is 12.1. The van der Waals surface area contributed by atoms with Crippen LogP contribution in [0, 0.1) is 11.6 Å². The van der Waals surface area contributed by atoms with Crippen LogP contribution < -0.4 is 19.2 Å². The quantitative estimate of drug-likeness (QED) is 0.0291. The summed E-state index contributed by atoms with van der Waals surface area (Å²) in [5, 5.41) is 19.0. The van der Waals surface area contributed by atoms with Crippen LogP contribution in [-0.2, 0) is 56.9 Å². The van der Waals surface area contributed by atoms with E-state index in [4.69, 9.17) is 32.5 Å². The monoisotopic (exact) mass is 1380 g/mol. The van der Waals surface area contributed by atoms with Gasteiger partial charge in [0.1, 0.15) is 34.3 Å². The molecular formula is C74H74F2N4O16S2. The van der Waals surface area contributed by atoms with Crippen molar-refractivity contribution in [1.82, 2.24) is 10.6 Å². The van der Waals surface area contributed by atoms with Crippen molar-refractivity contribution in [2.75, 3.05) is 94.6 Å². The van der Waals surface area contributed by atoms with Crippen molar-refractivity contribution in [1.29, 1.82) is 0 Å². The van der Waals surface area contributed by atoms with Gasteiger partial charge in [0, 0.05) is 48.1 Å². The van der Waals surface area contributed by atoms with Gasteiger partial charge in [-0.3, -0.25) is 18.2 Å². The van der Waals surface area contributed by atoms with Crippen LogP contribution >= 0.6 is 0 Å². The van der Waals surface area contributed by atoms with Gasteiger partial charge in [-0.1, -0.05) is 60.7 Å². The first-order valence-electron chi connectivity index (χ1n) is 32.0. The first-order valence-corrected chi connectivity index (χ1v) is 35.7. The smallest absolute Gasteiger partial charge is 0.338 e. The average Bonchev–Trinajstić information content (AvgIpc) is 1.58. The minimum atomic E-state index is -3.74. The lowest BCUT2D eigenvalue weighted by molar-refractivity contribution is 0.0439. The second-order valence-corrected chi connectivity index (χ2v) is 27.6. The second kappa shape index (κ2) is 30.5. The molecule has 2 fully saturated rings. The number of carboxylic acids is 1. The number of nitrogens with zero attached hydrogens (tertiary/aromatic N) is 2. The van der Waals surface area contributed by atoms with Gasteiger partial charge in [-0.15, -0.1) is 0 Å². The van der Waals surface area contributed by atoms with Crippen LogP contribution in [0.1, 0.15) is 108 Å². The van der Waals surface area contributed by atoms with Crippen LogP contribution in [0.2, 0.25) is 0 Å². The fourth-order valence-corrected chi connectivity index (χ4v) is 13.9. The minimum absolute atomic E-state index is 0.0409. The van der Waals surface area contributed by atoms with Gasteiger partial charge in [0.15, 0.2) is 0 Å². The Bertz CT molecular complexity index is 4860. The lowest BCUT2D eigenvalue weighted by Gasteiger charge is -2.25. The maximum atomic E-state index is 13.7. The van der Waals surface area contributed by atoms with E-state index < -0.39 is 37.7 Å². The lowest BCUT2D eigenvalue weighted by Crippen LogP contribution is -2.34. The van der Waals surface area contributed by atoms with Crippen molar-refractivity contribution >= 4 is 98.7 Å². The number of ether oxygens (including phenoxy) is 5. The van der Waals surface area contributed by atoms with Crippen LogP contribution in [0.25, 0.3) is 66.1 Å². The van der Waals surface area contributed by atoms with Gasteiger partial charge >= 0.3 is 11.9 Å². The summed E-state index contributed by atoms with van der Waals surface area (Å²) in [5.74, 6) is -2.14. The summed E-state index contributed by atoms with van der Waals surface area (Å²) in [5.41, 5.74) is 7.36. The highest BCUT2D eigenvalue weighted by molar-refractivity contribution is 7.92. The molecule has 0 unspecified atom stereocenters. The maximum Gasteiger partial charge on any atom is 0.338 e. The number of hydrogen-bond donors (Lipinski definition) is 3. The second-order valence-electron chi connectivity index (χ2n) is 23.8. The number of rotatable bonds is 29. The minimum Gasteiger partial charge on any atom is -0.478 e. The predicted molar refractivity (Wildman–Crippen MR) is 370 cm³/mol. The summed E-state index contributed by atoms with van der Waals surface area (Å²) in [7, 11) is -4.44. The molecule has 2 aliphatic rings. The number of carboxylic acid groups (broad SMARTS) is 1. The van der Waals surface area contributed by atoms with E-state index >= 15 is 0 Å². The molecule has 0 radical (unpaired) electrons. The van der Waals surface area contributed by atoms with Gasteiger partial charge in [-0.05, 0) is 161 Å². The normalized spacial score (nSPS) is 13.2. The molecule has 24 heteroatoms. The van der Waals surface area contributed by atoms with E-state index in [2.05, 4.69) is 10.6 Å². The molecule has 2 aromatic heterocycles. The van der Waals surface area contributed by atoms with Gasteiger partial charge in [-0.2, -0.15) is 0 Å². The summed E-state index contributed by atoms with van der Waals surface area (Å²) >= 11 is 0. The Morgan fingerprint density at radius 3 is 1.28 bits per heavy atom. The highest BCUT2D eigenvalue weighted by Crippen LogP contribution is 2.50. The molecule has 12 rings (SSSR count). The molecule has 0 atom stereocenters. The van der Waals surface area contributed by atoms with Gasteiger partial charge < -0.3 is 48.3 Å². The third kappa shape index (κ3) is 15.9. The zero-order valence-electron chi connectivity index (χ0n) is 54.7. The number of hydrogen-bond acceptors (Lipinski definition) is 15.